The highest BCUT2D eigenvalue weighted by Gasteiger charge is 2.33. The van der Waals surface area contributed by atoms with Crippen molar-refractivity contribution in [3.63, 3.8) is 0 Å². The molecule has 1 aliphatic heterocycles. The molecule has 2 aromatic carbocycles. The van der Waals surface area contributed by atoms with Crippen LogP contribution in [0, 0.1) is 0 Å². The summed E-state index contributed by atoms with van der Waals surface area (Å²) in [5.74, 6) is -0.551. The van der Waals surface area contributed by atoms with E-state index in [1.54, 1.807) is 7.11 Å². The van der Waals surface area contributed by atoms with Crippen LogP contribution in [0.15, 0.2) is 59.7 Å². The topological polar surface area (TPSA) is 79.2 Å². The molecule has 134 valence electrons. The van der Waals surface area contributed by atoms with Gasteiger partial charge in [0.2, 0.25) is 5.91 Å². The fourth-order valence-corrected chi connectivity index (χ4v) is 2.96. The molecule has 2 aromatic rings. The Morgan fingerprint density at radius 3 is 2.42 bits per heavy atom. The Morgan fingerprint density at radius 1 is 1.12 bits per heavy atom. The zero-order valence-corrected chi connectivity index (χ0v) is 14.5. The summed E-state index contributed by atoms with van der Waals surface area (Å²) in [6.07, 6.45) is 0.295. The highest BCUT2D eigenvalue weighted by atomic mass is 16.5. The Hall–Kier alpha value is -3.15. The third kappa shape index (κ3) is 3.91. The van der Waals surface area contributed by atoms with Crippen molar-refractivity contribution in [1.82, 2.24) is 5.01 Å². The first kappa shape index (κ1) is 17.7. The van der Waals surface area contributed by atoms with Crippen molar-refractivity contribution in [3.05, 3.63) is 65.7 Å². The molecular formula is C20H20N2O4. The van der Waals surface area contributed by atoms with E-state index < -0.39 is 5.97 Å². The number of rotatable bonds is 6. The molecule has 6 heteroatoms. The number of benzene rings is 2. The van der Waals surface area contributed by atoms with Crippen LogP contribution >= 0.6 is 0 Å². The molecule has 1 heterocycles. The molecule has 0 saturated carbocycles. The lowest BCUT2D eigenvalue weighted by Gasteiger charge is -2.22. The summed E-state index contributed by atoms with van der Waals surface area (Å²) in [4.78, 5) is 23.4. The van der Waals surface area contributed by atoms with E-state index >= 15 is 0 Å². The quantitative estimate of drug-likeness (QED) is 0.865. The second kappa shape index (κ2) is 7.82. The Labute approximate surface area is 151 Å². The third-order valence-electron chi connectivity index (χ3n) is 4.33. The highest BCUT2D eigenvalue weighted by molar-refractivity contribution is 6.03. The van der Waals surface area contributed by atoms with Crippen LogP contribution in [0.3, 0.4) is 0 Å². The normalized spacial score (nSPS) is 16.3. The summed E-state index contributed by atoms with van der Waals surface area (Å²) in [6.45, 7) is 0. The molecule has 0 bridgehead atoms. The summed E-state index contributed by atoms with van der Waals surface area (Å²) in [5, 5.41) is 14.8. The number of aliphatic carboxylic acids is 1. The van der Waals surface area contributed by atoms with Gasteiger partial charge in [0.05, 0.1) is 25.3 Å². The lowest BCUT2D eigenvalue weighted by Crippen LogP contribution is -2.27. The summed E-state index contributed by atoms with van der Waals surface area (Å²) < 4.78 is 5.19. The molecule has 1 aliphatic rings. The number of hydrazone groups is 1. The van der Waals surface area contributed by atoms with Gasteiger partial charge < -0.3 is 9.84 Å². The van der Waals surface area contributed by atoms with Crippen molar-refractivity contribution >= 4 is 17.6 Å². The molecule has 0 spiro atoms. The minimum Gasteiger partial charge on any atom is -0.497 e. The molecule has 3 rings (SSSR count). The van der Waals surface area contributed by atoms with Crippen molar-refractivity contribution in [3.8, 4) is 5.75 Å². The van der Waals surface area contributed by atoms with E-state index in [0.717, 1.165) is 22.6 Å². The van der Waals surface area contributed by atoms with Gasteiger partial charge in [-0.15, -0.1) is 0 Å². The van der Waals surface area contributed by atoms with E-state index in [-0.39, 0.29) is 24.8 Å². The molecule has 0 aromatic heterocycles. The summed E-state index contributed by atoms with van der Waals surface area (Å²) >= 11 is 0. The van der Waals surface area contributed by atoms with Crippen LogP contribution in [0.4, 0.5) is 0 Å². The minimum atomic E-state index is -0.995. The zero-order chi connectivity index (χ0) is 18.5. The first-order valence-corrected chi connectivity index (χ1v) is 8.39. The first-order chi connectivity index (χ1) is 12.6. The molecular weight excluding hydrogens is 332 g/mol. The van der Waals surface area contributed by atoms with Gasteiger partial charge in [0.15, 0.2) is 0 Å². The number of nitrogens with zero attached hydrogens (tertiary/aromatic N) is 2. The lowest BCUT2D eigenvalue weighted by molar-refractivity contribution is -0.141. The van der Waals surface area contributed by atoms with E-state index in [1.165, 1.54) is 5.01 Å². The summed E-state index contributed by atoms with van der Waals surface area (Å²) in [6, 6.07) is 16.9. The second-order valence-corrected chi connectivity index (χ2v) is 6.04. The average molecular weight is 352 g/mol. The van der Waals surface area contributed by atoms with Gasteiger partial charge >= 0.3 is 5.97 Å². The number of methoxy groups -OCH3 is 1. The van der Waals surface area contributed by atoms with E-state index in [9.17, 15) is 9.59 Å². The second-order valence-electron chi connectivity index (χ2n) is 6.04. The van der Waals surface area contributed by atoms with Crippen molar-refractivity contribution in [2.24, 2.45) is 5.10 Å². The van der Waals surface area contributed by atoms with Crippen LogP contribution in [-0.2, 0) is 9.59 Å². The van der Waals surface area contributed by atoms with Gasteiger partial charge in [-0.05, 0) is 23.3 Å². The molecule has 1 N–H and O–H groups in total. The van der Waals surface area contributed by atoms with Gasteiger partial charge in [-0.1, -0.05) is 42.5 Å². The number of carbonyl (C=O) groups excluding carboxylic acids is 1. The standard InChI is InChI=1S/C20H20N2O4/c1-26-16-9-7-15(8-10-16)18-13-17(14-5-3-2-4-6-14)21-22(18)19(23)11-12-20(24)25/h2-10,18H,11-13H2,1H3,(H,24,25)/t18-/m0/s1. The molecule has 6 nitrogen and oxygen atoms in total. The first-order valence-electron chi connectivity index (χ1n) is 8.39. The third-order valence-corrected chi connectivity index (χ3v) is 4.33. The Morgan fingerprint density at radius 2 is 1.81 bits per heavy atom. The van der Waals surface area contributed by atoms with Gasteiger partial charge in [-0.2, -0.15) is 5.10 Å². The van der Waals surface area contributed by atoms with E-state index in [2.05, 4.69) is 5.10 Å². The minimum absolute atomic E-state index is 0.0758. The molecule has 0 fully saturated rings. The van der Waals surface area contributed by atoms with Gasteiger partial charge in [0.1, 0.15) is 5.75 Å². The van der Waals surface area contributed by atoms with Crippen molar-refractivity contribution in [2.45, 2.75) is 25.3 Å². The fourth-order valence-electron chi connectivity index (χ4n) is 2.96. The monoisotopic (exact) mass is 352 g/mol. The molecule has 0 radical (unpaired) electrons. The molecule has 0 saturated heterocycles. The summed E-state index contributed by atoms with van der Waals surface area (Å²) in [7, 11) is 1.60. The SMILES string of the molecule is COc1ccc([C@@H]2CC(c3ccccc3)=NN2C(=O)CCC(=O)O)cc1. The van der Waals surface area contributed by atoms with E-state index in [4.69, 9.17) is 9.84 Å². The number of hydrogen-bond acceptors (Lipinski definition) is 4. The Kier molecular flexibility index (Phi) is 5.31. The average Bonchev–Trinajstić information content (AvgIpc) is 3.12. The van der Waals surface area contributed by atoms with Crippen LogP contribution in [0.5, 0.6) is 5.75 Å². The Bertz CT molecular complexity index is 815. The number of carboxylic acids is 1. The van der Waals surface area contributed by atoms with Gasteiger partial charge in [-0.25, -0.2) is 5.01 Å². The molecule has 1 amide bonds. The van der Waals surface area contributed by atoms with Crippen LogP contribution in [0.25, 0.3) is 0 Å². The molecule has 1 atom stereocenters. The molecule has 0 aliphatic carbocycles. The van der Waals surface area contributed by atoms with Crippen molar-refractivity contribution in [2.75, 3.05) is 7.11 Å². The van der Waals surface area contributed by atoms with E-state index in [1.807, 2.05) is 54.6 Å². The van der Waals surface area contributed by atoms with Crippen molar-refractivity contribution < 1.29 is 19.4 Å². The number of ether oxygens (including phenoxy) is 1. The molecule has 0 unspecified atom stereocenters. The number of amides is 1. The van der Waals surface area contributed by atoms with E-state index in [0.29, 0.717) is 6.42 Å². The van der Waals surface area contributed by atoms with Crippen LogP contribution in [0.1, 0.15) is 36.4 Å². The number of carboxylic acid groups (broad SMARTS) is 1. The lowest BCUT2D eigenvalue weighted by atomic mass is 9.98. The largest absolute Gasteiger partial charge is 0.497 e. The molecule has 26 heavy (non-hydrogen) atoms. The van der Waals surface area contributed by atoms with Gasteiger partial charge in [-0.3, -0.25) is 9.59 Å². The highest BCUT2D eigenvalue weighted by Crippen LogP contribution is 2.34. The maximum atomic E-state index is 12.6. The van der Waals surface area contributed by atoms with Crippen LogP contribution in [0.2, 0.25) is 0 Å². The fraction of sp³-hybridized carbons (Fsp3) is 0.250. The maximum Gasteiger partial charge on any atom is 0.303 e. The van der Waals surface area contributed by atoms with Crippen LogP contribution < -0.4 is 4.74 Å². The smallest absolute Gasteiger partial charge is 0.303 e. The zero-order valence-electron chi connectivity index (χ0n) is 14.5. The summed E-state index contributed by atoms with van der Waals surface area (Å²) in [5.41, 5.74) is 2.71. The van der Waals surface area contributed by atoms with Gasteiger partial charge in [0.25, 0.3) is 0 Å². The maximum absolute atomic E-state index is 12.6. The predicted octanol–water partition coefficient (Wildman–Crippen LogP) is 3.24. The van der Waals surface area contributed by atoms with Crippen LogP contribution in [-0.4, -0.2) is 34.8 Å². The number of carbonyl (C=O) groups is 2. The van der Waals surface area contributed by atoms with Gasteiger partial charge in [0, 0.05) is 12.8 Å². The predicted molar refractivity (Wildman–Crippen MR) is 97.0 cm³/mol. The Balaban J connectivity index is 1.88. The van der Waals surface area contributed by atoms with Crippen molar-refractivity contribution in [1.29, 1.82) is 0 Å². The number of hydrogen-bond donors (Lipinski definition) is 1.